The first-order chi connectivity index (χ1) is 11.0. The van der Waals surface area contributed by atoms with Crippen LogP contribution in [0.1, 0.15) is 30.9 Å². The van der Waals surface area contributed by atoms with Crippen LogP contribution in [-0.4, -0.2) is 30.7 Å². The van der Waals surface area contributed by atoms with Crippen molar-refractivity contribution in [1.29, 1.82) is 0 Å². The Morgan fingerprint density at radius 3 is 3.04 bits per heavy atom. The Morgan fingerprint density at radius 1 is 1.48 bits per heavy atom. The lowest BCUT2D eigenvalue weighted by Crippen LogP contribution is -2.42. The predicted molar refractivity (Wildman–Crippen MR) is 86.6 cm³/mol. The van der Waals surface area contributed by atoms with Crippen molar-refractivity contribution >= 4 is 6.03 Å². The highest BCUT2D eigenvalue weighted by molar-refractivity contribution is 5.73. The number of nitrogens with zero attached hydrogens (tertiary/aromatic N) is 1. The molecule has 1 spiro atoms. The SMILES string of the molecule is COc1ccc2c3c1O[C@@H]1C[C@@H](C)C=C[C@]31CCN(C(N)=O)C2. The van der Waals surface area contributed by atoms with E-state index < -0.39 is 0 Å². The number of amides is 2. The second-order valence-electron chi connectivity index (χ2n) is 6.86. The quantitative estimate of drug-likeness (QED) is 0.810. The number of carbonyl (C=O) groups excluding carboxylic acids is 1. The van der Waals surface area contributed by atoms with Gasteiger partial charge in [0, 0.05) is 18.7 Å². The number of methoxy groups -OCH3 is 1. The van der Waals surface area contributed by atoms with Crippen molar-refractivity contribution in [3.05, 3.63) is 35.4 Å². The number of hydrogen-bond acceptors (Lipinski definition) is 3. The summed E-state index contributed by atoms with van der Waals surface area (Å²) in [6, 6.07) is 3.60. The third kappa shape index (κ3) is 1.95. The number of ether oxygens (including phenoxy) is 2. The molecule has 0 radical (unpaired) electrons. The number of nitrogens with two attached hydrogens (primary N) is 1. The molecule has 1 aromatic carbocycles. The molecule has 1 aromatic rings. The predicted octanol–water partition coefficient (Wildman–Crippen LogP) is 2.57. The summed E-state index contributed by atoms with van der Waals surface area (Å²) in [5, 5.41) is 0. The molecule has 3 aliphatic rings. The first kappa shape index (κ1) is 14.4. The van der Waals surface area contributed by atoms with Crippen molar-refractivity contribution in [2.24, 2.45) is 11.7 Å². The Labute approximate surface area is 136 Å². The van der Waals surface area contributed by atoms with Crippen LogP contribution < -0.4 is 15.2 Å². The molecule has 2 aliphatic heterocycles. The minimum Gasteiger partial charge on any atom is -0.493 e. The number of benzene rings is 1. The molecule has 2 N–H and O–H groups in total. The van der Waals surface area contributed by atoms with Crippen molar-refractivity contribution < 1.29 is 14.3 Å². The van der Waals surface area contributed by atoms with Gasteiger partial charge in [-0.2, -0.15) is 0 Å². The first-order valence-electron chi connectivity index (χ1n) is 8.16. The standard InChI is InChI=1S/C18H22N2O3/c1-11-5-6-18-7-8-20(17(19)21)10-12-3-4-13(22-2)16(15(12)18)23-14(18)9-11/h3-6,11,14H,7-10H2,1-2H3,(H2,19,21)/t11-,14+,18+/m0/s1. The monoisotopic (exact) mass is 314 g/mol. The van der Waals surface area contributed by atoms with Crippen molar-refractivity contribution in [2.45, 2.75) is 37.8 Å². The lowest BCUT2D eigenvalue weighted by molar-refractivity contribution is 0.126. The number of allylic oxidation sites excluding steroid dienone is 1. The highest BCUT2D eigenvalue weighted by Crippen LogP contribution is 2.56. The molecule has 122 valence electrons. The number of hydrogen-bond donors (Lipinski definition) is 1. The van der Waals surface area contributed by atoms with Gasteiger partial charge in [-0.3, -0.25) is 0 Å². The maximum Gasteiger partial charge on any atom is 0.315 e. The average Bonchev–Trinajstić information content (AvgIpc) is 2.75. The Hall–Kier alpha value is -2.17. The molecule has 23 heavy (non-hydrogen) atoms. The van der Waals surface area contributed by atoms with Gasteiger partial charge in [0.05, 0.1) is 12.5 Å². The molecule has 2 amide bonds. The van der Waals surface area contributed by atoms with Gasteiger partial charge in [-0.05, 0) is 30.4 Å². The van der Waals surface area contributed by atoms with Crippen LogP contribution >= 0.6 is 0 Å². The molecular weight excluding hydrogens is 292 g/mol. The van der Waals surface area contributed by atoms with E-state index in [1.807, 2.05) is 12.1 Å². The fourth-order valence-electron chi connectivity index (χ4n) is 4.30. The van der Waals surface area contributed by atoms with Crippen LogP contribution in [-0.2, 0) is 12.0 Å². The fraction of sp³-hybridized carbons (Fsp3) is 0.500. The van der Waals surface area contributed by atoms with Gasteiger partial charge in [0.1, 0.15) is 6.10 Å². The summed E-state index contributed by atoms with van der Waals surface area (Å²) >= 11 is 0. The van der Waals surface area contributed by atoms with E-state index in [2.05, 4.69) is 19.1 Å². The average molecular weight is 314 g/mol. The summed E-state index contributed by atoms with van der Waals surface area (Å²) in [6.45, 7) is 3.38. The molecule has 2 heterocycles. The molecule has 0 fully saturated rings. The van der Waals surface area contributed by atoms with Crippen LogP contribution in [0.25, 0.3) is 0 Å². The Kier molecular flexibility index (Phi) is 3.08. The fourth-order valence-corrected chi connectivity index (χ4v) is 4.30. The Morgan fingerprint density at radius 2 is 2.30 bits per heavy atom. The third-order valence-corrected chi connectivity index (χ3v) is 5.50. The summed E-state index contributed by atoms with van der Waals surface area (Å²) in [5.74, 6) is 2.11. The summed E-state index contributed by atoms with van der Waals surface area (Å²) in [6.07, 6.45) is 6.48. The minimum absolute atomic E-state index is 0.0976. The topological polar surface area (TPSA) is 64.8 Å². The van der Waals surface area contributed by atoms with Gasteiger partial charge in [0.15, 0.2) is 11.5 Å². The second kappa shape index (κ2) is 4.91. The molecule has 1 aliphatic carbocycles. The third-order valence-electron chi connectivity index (χ3n) is 5.50. The van der Waals surface area contributed by atoms with E-state index in [9.17, 15) is 4.79 Å². The molecule has 4 rings (SSSR count). The molecule has 0 unspecified atom stereocenters. The number of carbonyl (C=O) groups is 1. The molecule has 0 bridgehead atoms. The molecule has 0 saturated carbocycles. The normalized spacial score (nSPS) is 31.0. The smallest absolute Gasteiger partial charge is 0.315 e. The maximum atomic E-state index is 11.7. The van der Waals surface area contributed by atoms with Crippen LogP contribution in [0.3, 0.4) is 0 Å². The Bertz CT molecular complexity index is 700. The van der Waals surface area contributed by atoms with Gasteiger partial charge in [-0.15, -0.1) is 0 Å². The van der Waals surface area contributed by atoms with Gasteiger partial charge >= 0.3 is 6.03 Å². The van der Waals surface area contributed by atoms with Crippen LogP contribution in [0.15, 0.2) is 24.3 Å². The van der Waals surface area contributed by atoms with Gasteiger partial charge in [0.2, 0.25) is 0 Å². The van der Waals surface area contributed by atoms with Crippen LogP contribution in [0, 0.1) is 5.92 Å². The zero-order valence-electron chi connectivity index (χ0n) is 13.5. The molecule has 3 atom stereocenters. The van der Waals surface area contributed by atoms with Crippen molar-refractivity contribution in [3.8, 4) is 11.5 Å². The van der Waals surface area contributed by atoms with Gasteiger partial charge in [-0.25, -0.2) is 4.79 Å². The largest absolute Gasteiger partial charge is 0.493 e. The maximum absolute atomic E-state index is 11.7. The molecule has 5 heteroatoms. The van der Waals surface area contributed by atoms with E-state index in [-0.39, 0.29) is 17.6 Å². The van der Waals surface area contributed by atoms with E-state index >= 15 is 0 Å². The van der Waals surface area contributed by atoms with E-state index in [1.54, 1.807) is 12.0 Å². The van der Waals surface area contributed by atoms with E-state index in [1.165, 1.54) is 5.56 Å². The van der Waals surface area contributed by atoms with Crippen LogP contribution in [0.4, 0.5) is 4.79 Å². The highest BCUT2D eigenvalue weighted by Gasteiger charge is 2.52. The van der Waals surface area contributed by atoms with Crippen molar-refractivity contribution in [1.82, 2.24) is 4.90 Å². The van der Waals surface area contributed by atoms with Crippen molar-refractivity contribution in [3.63, 3.8) is 0 Å². The molecular formula is C18H22N2O3. The molecule has 0 aromatic heterocycles. The highest BCUT2D eigenvalue weighted by atomic mass is 16.5. The van der Waals surface area contributed by atoms with E-state index in [4.69, 9.17) is 15.2 Å². The first-order valence-corrected chi connectivity index (χ1v) is 8.16. The van der Waals surface area contributed by atoms with Crippen LogP contribution in [0.5, 0.6) is 11.5 Å². The van der Waals surface area contributed by atoms with Gasteiger partial charge in [0.25, 0.3) is 0 Å². The van der Waals surface area contributed by atoms with Crippen molar-refractivity contribution in [2.75, 3.05) is 13.7 Å². The zero-order chi connectivity index (χ0) is 16.2. The Balaban J connectivity index is 1.92. The van der Waals surface area contributed by atoms with Gasteiger partial charge < -0.3 is 20.1 Å². The number of rotatable bonds is 1. The molecule has 0 saturated heterocycles. The summed E-state index contributed by atoms with van der Waals surface area (Å²) in [4.78, 5) is 13.5. The molecule has 5 nitrogen and oxygen atoms in total. The van der Waals surface area contributed by atoms with E-state index in [0.29, 0.717) is 19.0 Å². The van der Waals surface area contributed by atoms with E-state index in [0.717, 1.165) is 29.9 Å². The van der Waals surface area contributed by atoms with Crippen LogP contribution in [0.2, 0.25) is 0 Å². The summed E-state index contributed by atoms with van der Waals surface area (Å²) in [5.41, 5.74) is 7.68. The minimum atomic E-state index is -0.364. The summed E-state index contributed by atoms with van der Waals surface area (Å²) < 4.78 is 11.9. The number of primary amides is 1. The second-order valence-corrected chi connectivity index (χ2v) is 6.86. The lowest BCUT2D eigenvalue weighted by Gasteiger charge is -2.36. The summed E-state index contributed by atoms with van der Waals surface area (Å²) in [7, 11) is 1.67. The zero-order valence-corrected chi connectivity index (χ0v) is 13.5. The lowest BCUT2D eigenvalue weighted by atomic mass is 9.68. The number of urea groups is 1. The van der Waals surface area contributed by atoms with Gasteiger partial charge in [-0.1, -0.05) is 25.1 Å².